The highest BCUT2D eigenvalue weighted by Crippen LogP contribution is 2.39. The van der Waals surface area contributed by atoms with Crippen LogP contribution in [0.2, 0.25) is 0 Å². The molecule has 0 aromatic rings. The average Bonchev–Trinajstić information content (AvgIpc) is 2.35. The average molecular weight is 288 g/mol. The third kappa shape index (κ3) is 4.93. The number of hydrogen-bond donors (Lipinski definition) is 2. The van der Waals surface area contributed by atoms with Gasteiger partial charge in [-0.15, -0.1) is 0 Å². The van der Waals surface area contributed by atoms with Crippen molar-refractivity contribution in [3.8, 4) is 0 Å². The summed E-state index contributed by atoms with van der Waals surface area (Å²) in [5.74, 6) is -6.35. The highest BCUT2D eigenvalue weighted by Gasteiger charge is 2.43. The number of carbonyl (C=O) groups excluding carboxylic acids is 1. The molecule has 1 fully saturated rings. The molecule has 2 unspecified atom stereocenters. The van der Waals surface area contributed by atoms with Crippen LogP contribution in [0.5, 0.6) is 0 Å². The predicted molar refractivity (Wildman–Crippen MR) is 58.5 cm³/mol. The summed E-state index contributed by atoms with van der Waals surface area (Å²) in [6.45, 7) is -1.85. The van der Waals surface area contributed by atoms with Crippen molar-refractivity contribution < 1.29 is 26.7 Å². The molecule has 3 N–H and O–H groups in total. The van der Waals surface area contributed by atoms with Gasteiger partial charge in [-0.05, 0) is 19.3 Å². The van der Waals surface area contributed by atoms with E-state index in [9.17, 15) is 26.7 Å². The molecule has 0 bridgehead atoms. The Labute approximate surface area is 107 Å². The van der Waals surface area contributed by atoms with E-state index in [-0.39, 0.29) is 19.3 Å². The Hall–Kier alpha value is -0.920. The van der Waals surface area contributed by atoms with Crippen LogP contribution in [-0.2, 0) is 4.79 Å². The second kappa shape index (κ2) is 6.02. The molecule has 1 saturated carbocycles. The topological polar surface area (TPSA) is 55.1 Å². The van der Waals surface area contributed by atoms with Gasteiger partial charge in [0.25, 0.3) is 5.92 Å². The number of hydrogen-bond acceptors (Lipinski definition) is 2. The van der Waals surface area contributed by atoms with Gasteiger partial charge < -0.3 is 11.1 Å². The van der Waals surface area contributed by atoms with Crippen molar-refractivity contribution in [1.82, 2.24) is 5.32 Å². The molecule has 0 aromatic carbocycles. The highest BCUT2D eigenvalue weighted by molar-refractivity contribution is 5.78. The lowest BCUT2D eigenvalue weighted by Gasteiger charge is -2.30. The molecular formula is C11H17F5N2O. The summed E-state index contributed by atoms with van der Waals surface area (Å²) in [6, 6.07) is 0. The third-order valence-electron chi connectivity index (χ3n) is 3.33. The number of nitrogens with one attached hydrogen (secondary N) is 1. The van der Waals surface area contributed by atoms with E-state index in [1.165, 1.54) is 0 Å². The maximum absolute atomic E-state index is 12.8. The molecule has 0 radical (unpaired) electrons. The molecule has 1 aliphatic rings. The molecular weight excluding hydrogens is 271 g/mol. The molecule has 1 rings (SSSR count). The lowest BCUT2D eigenvalue weighted by molar-refractivity contribution is -0.186. The minimum atomic E-state index is -4.33. The van der Waals surface area contributed by atoms with Crippen LogP contribution in [0.4, 0.5) is 22.0 Å². The van der Waals surface area contributed by atoms with Crippen molar-refractivity contribution in [3.05, 3.63) is 0 Å². The molecule has 2 atom stereocenters. The SMILES string of the molecule is NCC(F)(F)CNC(=O)C1CCCC(C(F)(F)F)C1. The van der Waals surface area contributed by atoms with Crippen LogP contribution < -0.4 is 11.1 Å². The van der Waals surface area contributed by atoms with Crippen LogP contribution in [0.1, 0.15) is 25.7 Å². The first-order valence-corrected chi connectivity index (χ1v) is 6.08. The fourth-order valence-corrected chi connectivity index (χ4v) is 2.16. The first-order valence-electron chi connectivity index (χ1n) is 6.08. The standard InChI is InChI=1S/C11H17F5N2O/c12-10(13,5-17)6-18-9(19)7-2-1-3-8(4-7)11(14,15)16/h7-8H,1-6,17H2,(H,18,19). The monoisotopic (exact) mass is 288 g/mol. The van der Waals surface area contributed by atoms with Crippen molar-refractivity contribution in [2.75, 3.05) is 13.1 Å². The van der Waals surface area contributed by atoms with Gasteiger partial charge in [0.1, 0.15) is 0 Å². The Balaban J connectivity index is 2.49. The zero-order valence-corrected chi connectivity index (χ0v) is 10.3. The predicted octanol–water partition coefficient (Wildman–Crippen LogP) is 2.07. The fraction of sp³-hybridized carbons (Fsp3) is 0.909. The van der Waals surface area contributed by atoms with Gasteiger partial charge in [-0.1, -0.05) is 6.42 Å². The number of halogens is 5. The first-order chi connectivity index (χ1) is 8.65. The molecule has 112 valence electrons. The maximum Gasteiger partial charge on any atom is 0.391 e. The molecule has 3 nitrogen and oxygen atoms in total. The second-order valence-electron chi connectivity index (χ2n) is 4.88. The van der Waals surface area contributed by atoms with Crippen LogP contribution in [0.3, 0.4) is 0 Å². The summed E-state index contributed by atoms with van der Waals surface area (Å²) in [5, 5.41) is 1.98. The second-order valence-corrected chi connectivity index (χ2v) is 4.88. The van der Waals surface area contributed by atoms with Crippen LogP contribution in [0, 0.1) is 11.8 Å². The molecule has 0 aromatic heterocycles. The van der Waals surface area contributed by atoms with Crippen LogP contribution in [0.15, 0.2) is 0 Å². The summed E-state index contributed by atoms with van der Waals surface area (Å²) in [4.78, 5) is 11.6. The number of carbonyl (C=O) groups is 1. The smallest absolute Gasteiger partial charge is 0.350 e. The van der Waals surface area contributed by atoms with Crippen molar-refractivity contribution >= 4 is 5.91 Å². The summed E-state index contributed by atoms with van der Waals surface area (Å²) in [5.41, 5.74) is 4.80. The number of amides is 1. The molecule has 1 aliphatic carbocycles. The van der Waals surface area contributed by atoms with Gasteiger partial charge in [0.05, 0.1) is 19.0 Å². The van der Waals surface area contributed by atoms with Gasteiger partial charge in [-0.25, -0.2) is 8.78 Å². The Morgan fingerprint density at radius 2 is 1.84 bits per heavy atom. The summed E-state index contributed by atoms with van der Waals surface area (Å²) < 4.78 is 63.3. The number of nitrogens with two attached hydrogens (primary N) is 1. The normalized spacial score (nSPS) is 25.2. The van der Waals surface area contributed by atoms with Gasteiger partial charge in [0, 0.05) is 5.92 Å². The Morgan fingerprint density at radius 3 is 2.37 bits per heavy atom. The van der Waals surface area contributed by atoms with Crippen LogP contribution in [0.25, 0.3) is 0 Å². The quantitative estimate of drug-likeness (QED) is 0.778. The van der Waals surface area contributed by atoms with Crippen LogP contribution >= 0.6 is 0 Å². The Bertz CT molecular complexity index is 319. The highest BCUT2D eigenvalue weighted by atomic mass is 19.4. The largest absolute Gasteiger partial charge is 0.391 e. The lowest BCUT2D eigenvalue weighted by atomic mass is 9.80. The third-order valence-corrected chi connectivity index (χ3v) is 3.33. The Kier molecular flexibility index (Phi) is 5.11. The van der Waals surface area contributed by atoms with Crippen LogP contribution in [-0.4, -0.2) is 31.1 Å². The van der Waals surface area contributed by atoms with E-state index < -0.39 is 42.9 Å². The van der Waals surface area contributed by atoms with Crippen molar-refractivity contribution in [2.24, 2.45) is 17.6 Å². The van der Waals surface area contributed by atoms with Crippen molar-refractivity contribution in [2.45, 2.75) is 37.8 Å². The fourth-order valence-electron chi connectivity index (χ4n) is 2.16. The first kappa shape index (κ1) is 16.1. The zero-order chi connectivity index (χ0) is 14.7. The van der Waals surface area contributed by atoms with E-state index in [0.29, 0.717) is 6.42 Å². The molecule has 0 spiro atoms. The molecule has 8 heteroatoms. The minimum absolute atomic E-state index is 0.00770. The molecule has 0 heterocycles. The molecule has 19 heavy (non-hydrogen) atoms. The zero-order valence-electron chi connectivity index (χ0n) is 10.3. The number of rotatable bonds is 4. The van der Waals surface area contributed by atoms with E-state index in [4.69, 9.17) is 5.73 Å². The summed E-state index contributed by atoms with van der Waals surface area (Å²) >= 11 is 0. The van der Waals surface area contributed by atoms with Gasteiger partial charge in [0.2, 0.25) is 5.91 Å². The Morgan fingerprint density at radius 1 is 1.21 bits per heavy atom. The van der Waals surface area contributed by atoms with E-state index in [2.05, 4.69) is 0 Å². The molecule has 0 aliphatic heterocycles. The van der Waals surface area contributed by atoms with Crippen molar-refractivity contribution in [1.29, 1.82) is 0 Å². The van der Waals surface area contributed by atoms with E-state index in [1.54, 1.807) is 0 Å². The minimum Gasteiger partial charge on any atom is -0.350 e. The van der Waals surface area contributed by atoms with Gasteiger partial charge in [0.15, 0.2) is 0 Å². The summed E-state index contributed by atoms with van der Waals surface area (Å²) in [7, 11) is 0. The van der Waals surface area contributed by atoms with Crippen molar-refractivity contribution in [3.63, 3.8) is 0 Å². The summed E-state index contributed by atoms with van der Waals surface area (Å²) in [6.07, 6.45) is -4.10. The van der Waals surface area contributed by atoms with E-state index >= 15 is 0 Å². The molecule has 0 saturated heterocycles. The lowest BCUT2D eigenvalue weighted by Crippen LogP contribution is -2.44. The van der Waals surface area contributed by atoms with Gasteiger partial charge >= 0.3 is 6.18 Å². The maximum atomic E-state index is 12.8. The number of alkyl halides is 5. The van der Waals surface area contributed by atoms with E-state index in [0.717, 1.165) is 0 Å². The van der Waals surface area contributed by atoms with E-state index in [1.807, 2.05) is 5.32 Å². The van der Waals surface area contributed by atoms with Gasteiger partial charge in [-0.3, -0.25) is 4.79 Å². The van der Waals surface area contributed by atoms with Gasteiger partial charge in [-0.2, -0.15) is 13.2 Å². The molecule has 1 amide bonds.